The molecule has 0 unspecified atom stereocenters. The van der Waals surface area contributed by atoms with E-state index in [0.29, 0.717) is 12.1 Å². The first kappa shape index (κ1) is 11.3. The number of carbonyl (C=O) groups excluding carboxylic acids is 1. The van der Waals surface area contributed by atoms with E-state index < -0.39 is 0 Å². The minimum absolute atomic E-state index is 0.104. The van der Waals surface area contributed by atoms with Gasteiger partial charge in [-0.05, 0) is 31.2 Å². The number of carbonyl (C=O) groups is 1. The summed E-state index contributed by atoms with van der Waals surface area (Å²) < 4.78 is 0. The van der Waals surface area contributed by atoms with Crippen LogP contribution in [0.15, 0.2) is 42.7 Å². The molecule has 0 saturated heterocycles. The summed E-state index contributed by atoms with van der Waals surface area (Å²) in [7, 11) is 0. The highest BCUT2D eigenvalue weighted by atomic mass is 16.1. The number of nitrogens with one attached hydrogen (secondary N) is 1. The van der Waals surface area contributed by atoms with Crippen LogP contribution in [0.3, 0.4) is 0 Å². The van der Waals surface area contributed by atoms with Gasteiger partial charge in [0.25, 0.3) is 5.91 Å². The predicted octanol–water partition coefficient (Wildman–Crippen LogP) is 1.89. The van der Waals surface area contributed by atoms with Crippen molar-refractivity contribution < 1.29 is 4.79 Å². The summed E-state index contributed by atoms with van der Waals surface area (Å²) in [6.45, 7) is 2.49. The SMILES string of the molecule is CCNC(=O)c1ccc(-c2ccccn2)nc1. The molecule has 0 bridgehead atoms. The molecule has 86 valence electrons. The summed E-state index contributed by atoms with van der Waals surface area (Å²) in [6.07, 6.45) is 3.28. The fraction of sp³-hybridized carbons (Fsp3) is 0.154. The lowest BCUT2D eigenvalue weighted by Crippen LogP contribution is -2.22. The first-order valence-corrected chi connectivity index (χ1v) is 5.47. The smallest absolute Gasteiger partial charge is 0.252 e. The summed E-state index contributed by atoms with van der Waals surface area (Å²) in [5, 5.41) is 2.73. The van der Waals surface area contributed by atoms with E-state index in [1.807, 2.05) is 25.1 Å². The van der Waals surface area contributed by atoms with Gasteiger partial charge in [0.1, 0.15) is 0 Å². The lowest BCUT2D eigenvalue weighted by atomic mass is 10.2. The van der Waals surface area contributed by atoms with Crippen LogP contribution < -0.4 is 5.32 Å². The standard InChI is InChI=1S/C13H13N3O/c1-2-14-13(17)10-6-7-12(16-9-10)11-5-3-4-8-15-11/h3-9H,2H2,1H3,(H,14,17). The Kier molecular flexibility index (Phi) is 3.45. The van der Waals surface area contributed by atoms with E-state index in [-0.39, 0.29) is 5.91 Å². The maximum atomic E-state index is 11.5. The van der Waals surface area contributed by atoms with Gasteiger partial charge < -0.3 is 5.32 Å². The molecule has 2 aromatic heterocycles. The quantitative estimate of drug-likeness (QED) is 0.871. The molecule has 0 saturated carbocycles. The van der Waals surface area contributed by atoms with Crippen LogP contribution in [-0.2, 0) is 0 Å². The molecule has 0 atom stereocenters. The average Bonchev–Trinajstić information content (AvgIpc) is 2.40. The van der Waals surface area contributed by atoms with Crippen molar-refractivity contribution in [3.05, 3.63) is 48.3 Å². The van der Waals surface area contributed by atoms with E-state index in [9.17, 15) is 4.79 Å². The summed E-state index contributed by atoms with van der Waals surface area (Å²) in [5.41, 5.74) is 2.13. The molecule has 2 rings (SSSR count). The molecule has 4 heteroatoms. The van der Waals surface area contributed by atoms with E-state index in [1.165, 1.54) is 0 Å². The molecule has 0 aliphatic heterocycles. The largest absolute Gasteiger partial charge is 0.352 e. The van der Waals surface area contributed by atoms with E-state index >= 15 is 0 Å². The molecule has 1 N–H and O–H groups in total. The summed E-state index contributed by atoms with van der Waals surface area (Å²) in [6, 6.07) is 9.19. The third-order valence-corrected chi connectivity index (χ3v) is 2.29. The zero-order chi connectivity index (χ0) is 12.1. The van der Waals surface area contributed by atoms with Crippen LogP contribution in [-0.4, -0.2) is 22.4 Å². The lowest BCUT2D eigenvalue weighted by Gasteiger charge is -2.03. The van der Waals surface area contributed by atoms with Gasteiger partial charge in [-0.15, -0.1) is 0 Å². The van der Waals surface area contributed by atoms with Gasteiger partial charge in [-0.3, -0.25) is 14.8 Å². The molecular formula is C13H13N3O. The summed E-state index contributed by atoms with van der Waals surface area (Å²) in [5.74, 6) is -0.104. The van der Waals surface area contributed by atoms with Crippen molar-refractivity contribution in [2.24, 2.45) is 0 Å². The number of aromatic nitrogens is 2. The number of amides is 1. The Labute approximate surface area is 99.7 Å². The van der Waals surface area contributed by atoms with E-state index in [0.717, 1.165) is 11.4 Å². The molecule has 0 fully saturated rings. The topological polar surface area (TPSA) is 54.9 Å². The molecule has 0 radical (unpaired) electrons. The van der Waals surface area contributed by atoms with Crippen LogP contribution in [0, 0.1) is 0 Å². The van der Waals surface area contributed by atoms with Gasteiger partial charge in [-0.2, -0.15) is 0 Å². The van der Waals surface area contributed by atoms with Gasteiger partial charge in [0.2, 0.25) is 0 Å². The molecule has 4 nitrogen and oxygen atoms in total. The van der Waals surface area contributed by atoms with E-state index in [2.05, 4.69) is 15.3 Å². The van der Waals surface area contributed by atoms with Crippen LogP contribution >= 0.6 is 0 Å². The number of rotatable bonds is 3. The summed E-state index contributed by atoms with van der Waals surface area (Å²) >= 11 is 0. The molecule has 0 aliphatic carbocycles. The highest BCUT2D eigenvalue weighted by Gasteiger charge is 2.05. The second kappa shape index (κ2) is 5.21. The Bertz CT molecular complexity index is 494. The van der Waals surface area contributed by atoms with Crippen molar-refractivity contribution in [1.29, 1.82) is 0 Å². The monoisotopic (exact) mass is 227 g/mol. The third-order valence-electron chi connectivity index (χ3n) is 2.29. The Morgan fingerprint density at radius 2 is 2.00 bits per heavy atom. The van der Waals surface area contributed by atoms with Gasteiger partial charge in [0, 0.05) is 18.9 Å². The molecule has 0 aromatic carbocycles. The third kappa shape index (κ3) is 2.66. The number of pyridine rings is 2. The molecular weight excluding hydrogens is 214 g/mol. The second-order valence-electron chi connectivity index (χ2n) is 3.51. The Hall–Kier alpha value is -2.23. The van der Waals surface area contributed by atoms with E-state index in [4.69, 9.17) is 0 Å². The number of nitrogens with zero attached hydrogens (tertiary/aromatic N) is 2. The van der Waals surface area contributed by atoms with Crippen molar-refractivity contribution in [3.63, 3.8) is 0 Å². The van der Waals surface area contributed by atoms with Crippen LogP contribution in [0.25, 0.3) is 11.4 Å². The lowest BCUT2D eigenvalue weighted by molar-refractivity contribution is 0.0955. The zero-order valence-electron chi connectivity index (χ0n) is 9.55. The molecule has 0 aliphatic rings. The molecule has 1 amide bonds. The van der Waals surface area contributed by atoms with Gasteiger partial charge >= 0.3 is 0 Å². The highest BCUT2D eigenvalue weighted by molar-refractivity contribution is 5.94. The van der Waals surface area contributed by atoms with Gasteiger partial charge in [0.15, 0.2) is 0 Å². The average molecular weight is 227 g/mol. The molecule has 2 aromatic rings. The van der Waals surface area contributed by atoms with Crippen LogP contribution in [0.4, 0.5) is 0 Å². The molecule has 2 heterocycles. The van der Waals surface area contributed by atoms with Gasteiger partial charge in [-0.25, -0.2) is 0 Å². The second-order valence-corrected chi connectivity index (χ2v) is 3.51. The number of hydrogen-bond acceptors (Lipinski definition) is 3. The van der Waals surface area contributed by atoms with Crippen LogP contribution in [0.2, 0.25) is 0 Å². The molecule has 17 heavy (non-hydrogen) atoms. The Morgan fingerprint density at radius 1 is 1.18 bits per heavy atom. The van der Waals surface area contributed by atoms with Crippen LogP contribution in [0.1, 0.15) is 17.3 Å². The fourth-order valence-electron chi connectivity index (χ4n) is 1.46. The predicted molar refractivity (Wildman–Crippen MR) is 65.5 cm³/mol. The van der Waals surface area contributed by atoms with Crippen molar-refractivity contribution in [3.8, 4) is 11.4 Å². The Morgan fingerprint density at radius 3 is 2.59 bits per heavy atom. The van der Waals surface area contributed by atoms with Crippen molar-refractivity contribution in [2.45, 2.75) is 6.92 Å². The normalized spacial score (nSPS) is 9.94. The van der Waals surface area contributed by atoms with Crippen molar-refractivity contribution in [1.82, 2.24) is 15.3 Å². The maximum Gasteiger partial charge on any atom is 0.252 e. The number of hydrogen-bond donors (Lipinski definition) is 1. The van der Waals surface area contributed by atoms with Crippen molar-refractivity contribution in [2.75, 3.05) is 6.54 Å². The fourth-order valence-corrected chi connectivity index (χ4v) is 1.46. The maximum absolute atomic E-state index is 11.5. The van der Waals surface area contributed by atoms with Gasteiger partial charge in [-0.1, -0.05) is 6.07 Å². The summed E-state index contributed by atoms with van der Waals surface area (Å²) in [4.78, 5) is 20.0. The van der Waals surface area contributed by atoms with Crippen molar-refractivity contribution >= 4 is 5.91 Å². The molecule has 0 spiro atoms. The first-order valence-electron chi connectivity index (χ1n) is 5.47. The Balaban J connectivity index is 2.22. The first-order chi connectivity index (χ1) is 8.31. The zero-order valence-corrected chi connectivity index (χ0v) is 9.55. The van der Waals surface area contributed by atoms with Gasteiger partial charge in [0.05, 0.1) is 17.0 Å². The van der Waals surface area contributed by atoms with E-state index in [1.54, 1.807) is 24.5 Å². The highest BCUT2D eigenvalue weighted by Crippen LogP contribution is 2.13. The van der Waals surface area contributed by atoms with Crippen LogP contribution in [0.5, 0.6) is 0 Å². The minimum Gasteiger partial charge on any atom is -0.352 e. The minimum atomic E-state index is -0.104.